The summed E-state index contributed by atoms with van der Waals surface area (Å²) < 4.78 is 0. The van der Waals surface area contributed by atoms with Gasteiger partial charge in [-0.1, -0.05) is 49.4 Å². The number of rotatable bonds is 4. The van der Waals surface area contributed by atoms with Crippen molar-refractivity contribution in [1.82, 2.24) is 9.80 Å². The lowest BCUT2D eigenvalue weighted by Gasteiger charge is -2.44. The van der Waals surface area contributed by atoms with E-state index in [1.54, 1.807) is 0 Å². The van der Waals surface area contributed by atoms with E-state index < -0.39 is 0 Å². The Balaban J connectivity index is 1.89. The first-order valence-electron chi connectivity index (χ1n) is 7.87. The van der Waals surface area contributed by atoms with Gasteiger partial charge in [0.05, 0.1) is 0 Å². The van der Waals surface area contributed by atoms with Crippen molar-refractivity contribution >= 4 is 12.0 Å². The maximum Gasteiger partial charge on any atom is 0.222 e. The molecule has 1 heterocycles. The molecule has 0 N–H and O–H groups in total. The second-order valence-electron chi connectivity index (χ2n) is 5.88. The topological polar surface area (TPSA) is 23.6 Å². The molecule has 1 aromatic rings. The first kappa shape index (κ1) is 15.8. The highest BCUT2D eigenvalue weighted by Gasteiger charge is 2.31. The average Bonchev–Trinajstić information content (AvgIpc) is 2.47. The van der Waals surface area contributed by atoms with Crippen LogP contribution in [0, 0.1) is 0 Å². The second-order valence-corrected chi connectivity index (χ2v) is 5.88. The number of amides is 1. The van der Waals surface area contributed by atoms with Crippen LogP contribution in [-0.2, 0) is 4.79 Å². The summed E-state index contributed by atoms with van der Waals surface area (Å²) in [5.74, 6) is 0.273. The van der Waals surface area contributed by atoms with Gasteiger partial charge in [-0.3, -0.25) is 9.69 Å². The molecule has 0 unspecified atom stereocenters. The molecule has 0 radical (unpaired) electrons. The molecule has 3 heteroatoms. The molecule has 21 heavy (non-hydrogen) atoms. The van der Waals surface area contributed by atoms with Crippen molar-refractivity contribution in [2.24, 2.45) is 0 Å². The molecule has 1 saturated heterocycles. The Morgan fingerprint density at radius 2 is 1.81 bits per heavy atom. The van der Waals surface area contributed by atoms with Gasteiger partial charge in [-0.15, -0.1) is 0 Å². The van der Waals surface area contributed by atoms with Gasteiger partial charge in [0.25, 0.3) is 0 Å². The average molecular weight is 286 g/mol. The standard InChI is InChI=1S/C18H26N2O/c1-4-18(21)20-15(2)13-19(14-16(20)3)12-8-11-17-9-6-5-7-10-17/h5-11,15-16H,4,12-14H2,1-3H3/b11-8+/t15-,16-/m1/s1. The summed E-state index contributed by atoms with van der Waals surface area (Å²) in [7, 11) is 0. The smallest absolute Gasteiger partial charge is 0.222 e. The minimum atomic E-state index is 0.273. The molecule has 0 bridgehead atoms. The molecule has 0 aliphatic carbocycles. The summed E-state index contributed by atoms with van der Waals surface area (Å²) in [6, 6.07) is 11.0. The van der Waals surface area contributed by atoms with E-state index in [-0.39, 0.29) is 5.91 Å². The van der Waals surface area contributed by atoms with Gasteiger partial charge >= 0.3 is 0 Å². The minimum Gasteiger partial charge on any atom is -0.335 e. The number of benzene rings is 1. The van der Waals surface area contributed by atoms with E-state index in [9.17, 15) is 4.79 Å². The Kier molecular flexibility index (Phi) is 5.57. The maximum atomic E-state index is 12.0. The number of piperazine rings is 1. The summed E-state index contributed by atoms with van der Waals surface area (Å²) in [6.07, 6.45) is 4.98. The molecule has 2 rings (SSSR count). The van der Waals surface area contributed by atoms with Crippen LogP contribution in [-0.4, -0.2) is 47.4 Å². The summed E-state index contributed by atoms with van der Waals surface area (Å²) in [4.78, 5) is 16.5. The fraction of sp³-hybridized carbons (Fsp3) is 0.500. The van der Waals surface area contributed by atoms with Crippen LogP contribution in [0.4, 0.5) is 0 Å². The van der Waals surface area contributed by atoms with E-state index in [1.165, 1.54) is 5.56 Å². The maximum absolute atomic E-state index is 12.0. The Labute approximate surface area is 128 Å². The molecule has 1 fully saturated rings. The Hall–Kier alpha value is -1.61. The lowest BCUT2D eigenvalue weighted by atomic mass is 10.1. The lowest BCUT2D eigenvalue weighted by molar-refractivity contribution is -0.138. The zero-order valence-corrected chi connectivity index (χ0v) is 13.3. The van der Waals surface area contributed by atoms with Gasteiger partial charge in [0.1, 0.15) is 0 Å². The molecular formula is C18H26N2O. The SMILES string of the molecule is CCC(=O)N1[C@H](C)CN(C/C=C/c2ccccc2)C[C@H]1C. The van der Waals surface area contributed by atoms with E-state index in [0.29, 0.717) is 18.5 Å². The predicted molar refractivity (Wildman–Crippen MR) is 88.0 cm³/mol. The second kappa shape index (κ2) is 7.41. The largest absolute Gasteiger partial charge is 0.335 e. The number of nitrogens with zero attached hydrogens (tertiary/aromatic N) is 2. The van der Waals surface area contributed by atoms with Gasteiger partial charge in [0, 0.05) is 38.1 Å². The van der Waals surface area contributed by atoms with Crippen LogP contribution in [0.5, 0.6) is 0 Å². The van der Waals surface area contributed by atoms with Crippen molar-refractivity contribution in [3.05, 3.63) is 42.0 Å². The minimum absolute atomic E-state index is 0.273. The number of hydrogen-bond donors (Lipinski definition) is 0. The van der Waals surface area contributed by atoms with Crippen molar-refractivity contribution < 1.29 is 4.79 Å². The van der Waals surface area contributed by atoms with E-state index in [1.807, 2.05) is 13.0 Å². The van der Waals surface area contributed by atoms with Crippen LogP contribution >= 0.6 is 0 Å². The van der Waals surface area contributed by atoms with Gasteiger partial charge in [0.2, 0.25) is 5.91 Å². The van der Waals surface area contributed by atoms with Crippen molar-refractivity contribution in [2.45, 2.75) is 39.3 Å². The van der Waals surface area contributed by atoms with Gasteiger partial charge < -0.3 is 4.90 Å². The quantitative estimate of drug-likeness (QED) is 0.849. The zero-order chi connectivity index (χ0) is 15.2. The highest BCUT2D eigenvalue weighted by Crippen LogP contribution is 2.17. The lowest BCUT2D eigenvalue weighted by Crippen LogP contribution is -2.58. The van der Waals surface area contributed by atoms with Crippen LogP contribution in [0.2, 0.25) is 0 Å². The van der Waals surface area contributed by atoms with Crippen LogP contribution < -0.4 is 0 Å². The molecule has 2 atom stereocenters. The molecular weight excluding hydrogens is 260 g/mol. The predicted octanol–water partition coefficient (Wildman–Crippen LogP) is 3.03. The van der Waals surface area contributed by atoms with Crippen molar-refractivity contribution in [1.29, 1.82) is 0 Å². The van der Waals surface area contributed by atoms with Crippen molar-refractivity contribution in [2.75, 3.05) is 19.6 Å². The molecule has 3 nitrogen and oxygen atoms in total. The third kappa shape index (κ3) is 4.18. The number of hydrogen-bond acceptors (Lipinski definition) is 2. The zero-order valence-electron chi connectivity index (χ0n) is 13.3. The summed E-state index contributed by atoms with van der Waals surface area (Å²) >= 11 is 0. The molecule has 114 valence electrons. The third-order valence-electron chi connectivity index (χ3n) is 4.06. The first-order valence-corrected chi connectivity index (χ1v) is 7.87. The molecule has 1 aliphatic heterocycles. The fourth-order valence-electron chi connectivity index (χ4n) is 3.16. The van der Waals surface area contributed by atoms with Crippen LogP contribution in [0.3, 0.4) is 0 Å². The van der Waals surface area contributed by atoms with Gasteiger partial charge in [-0.25, -0.2) is 0 Å². The van der Waals surface area contributed by atoms with E-state index >= 15 is 0 Å². The van der Waals surface area contributed by atoms with E-state index in [2.05, 4.69) is 60.1 Å². The first-order chi connectivity index (χ1) is 10.1. The summed E-state index contributed by atoms with van der Waals surface area (Å²) in [6.45, 7) is 9.09. The van der Waals surface area contributed by atoms with Crippen LogP contribution in [0.1, 0.15) is 32.8 Å². The molecule has 1 aliphatic rings. The Morgan fingerprint density at radius 1 is 1.19 bits per heavy atom. The molecule has 1 aromatic carbocycles. The highest BCUT2D eigenvalue weighted by atomic mass is 16.2. The van der Waals surface area contributed by atoms with Crippen molar-refractivity contribution in [3.8, 4) is 0 Å². The molecule has 1 amide bonds. The summed E-state index contributed by atoms with van der Waals surface area (Å²) in [5, 5.41) is 0. The van der Waals surface area contributed by atoms with Gasteiger partial charge in [-0.2, -0.15) is 0 Å². The Bertz CT molecular complexity index is 471. The molecule has 0 saturated carbocycles. The normalized spacial score (nSPS) is 23.7. The van der Waals surface area contributed by atoms with E-state index in [4.69, 9.17) is 0 Å². The van der Waals surface area contributed by atoms with E-state index in [0.717, 1.165) is 19.6 Å². The van der Waals surface area contributed by atoms with Crippen molar-refractivity contribution in [3.63, 3.8) is 0 Å². The van der Waals surface area contributed by atoms with Crippen LogP contribution in [0.25, 0.3) is 6.08 Å². The molecule has 0 aromatic heterocycles. The molecule has 0 spiro atoms. The van der Waals surface area contributed by atoms with Gasteiger partial charge in [0.15, 0.2) is 0 Å². The van der Waals surface area contributed by atoms with Crippen LogP contribution in [0.15, 0.2) is 36.4 Å². The fourth-order valence-corrected chi connectivity index (χ4v) is 3.16. The third-order valence-corrected chi connectivity index (χ3v) is 4.06. The Morgan fingerprint density at radius 3 is 2.38 bits per heavy atom. The number of carbonyl (C=O) groups excluding carboxylic acids is 1. The monoisotopic (exact) mass is 286 g/mol. The number of carbonyl (C=O) groups is 1. The highest BCUT2D eigenvalue weighted by molar-refractivity contribution is 5.76. The van der Waals surface area contributed by atoms with Gasteiger partial charge in [-0.05, 0) is 19.4 Å². The summed E-state index contributed by atoms with van der Waals surface area (Å²) in [5.41, 5.74) is 1.23.